The third-order valence-electron chi connectivity index (χ3n) is 2.94. The van der Waals surface area contributed by atoms with E-state index in [1.807, 2.05) is 19.1 Å². The van der Waals surface area contributed by atoms with Gasteiger partial charge in [0.15, 0.2) is 11.5 Å². The van der Waals surface area contributed by atoms with Gasteiger partial charge in [-0.1, -0.05) is 0 Å². The fourth-order valence-corrected chi connectivity index (χ4v) is 3.38. The summed E-state index contributed by atoms with van der Waals surface area (Å²) in [4.78, 5) is 14.7. The maximum Gasteiger partial charge on any atom is 0.252 e. The zero-order valence-corrected chi connectivity index (χ0v) is 15.0. The molecule has 0 aliphatic heterocycles. The molecule has 1 amide bonds. The lowest BCUT2D eigenvalue weighted by Gasteiger charge is -2.12. The molecule has 0 saturated heterocycles. The van der Waals surface area contributed by atoms with Crippen molar-refractivity contribution >= 4 is 39.8 Å². The van der Waals surface area contributed by atoms with E-state index in [1.165, 1.54) is 4.88 Å². The van der Waals surface area contributed by atoms with E-state index < -0.39 is 0 Å². The summed E-state index contributed by atoms with van der Waals surface area (Å²) >= 11 is 3.80. The van der Waals surface area contributed by atoms with Crippen molar-refractivity contribution in [1.82, 2.24) is 5.32 Å². The van der Waals surface area contributed by atoms with Crippen LogP contribution in [0.25, 0.3) is 0 Å². The molecule has 1 heterocycles. The Morgan fingerprint density at radius 3 is 2.48 bits per heavy atom. The van der Waals surface area contributed by atoms with E-state index in [0.717, 1.165) is 8.45 Å². The Morgan fingerprint density at radius 2 is 1.90 bits per heavy atom. The minimum atomic E-state index is -0.119. The van der Waals surface area contributed by atoms with Crippen LogP contribution in [0.3, 0.4) is 0 Å². The van der Waals surface area contributed by atoms with Gasteiger partial charge in [0.05, 0.1) is 26.3 Å². The van der Waals surface area contributed by atoms with Crippen LogP contribution in [-0.4, -0.2) is 20.1 Å². The highest BCUT2D eigenvalue weighted by Crippen LogP contribution is 2.31. The maximum absolute atomic E-state index is 12.3. The molecule has 6 heteroatoms. The molecule has 1 aromatic carbocycles. The molecule has 4 nitrogen and oxygen atoms in total. The number of thiophene rings is 1. The number of amides is 1. The molecule has 0 bridgehead atoms. The van der Waals surface area contributed by atoms with E-state index in [9.17, 15) is 4.79 Å². The molecule has 0 aliphatic rings. The summed E-state index contributed by atoms with van der Waals surface area (Å²) in [6, 6.07) is 7.57. The van der Waals surface area contributed by atoms with E-state index in [0.29, 0.717) is 23.6 Å². The van der Waals surface area contributed by atoms with Gasteiger partial charge >= 0.3 is 0 Å². The highest BCUT2D eigenvalue weighted by molar-refractivity contribution is 14.1. The number of benzene rings is 1. The van der Waals surface area contributed by atoms with Gasteiger partial charge in [-0.25, -0.2) is 0 Å². The Hall–Kier alpha value is -1.28. The van der Waals surface area contributed by atoms with Gasteiger partial charge < -0.3 is 14.8 Å². The third kappa shape index (κ3) is 3.88. The average Bonchev–Trinajstić information content (AvgIpc) is 2.90. The summed E-state index contributed by atoms with van der Waals surface area (Å²) in [5.74, 6) is 1.05. The monoisotopic (exact) mass is 417 g/mol. The second kappa shape index (κ2) is 7.13. The van der Waals surface area contributed by atoms with Gasteiger partial charge in [0.25, 0.3) is 5.91 Å². The Labute approximate surface area is 141 Å². The summed E-state index contributed by atoms with van der Waals surface area (Å²) in [7, 11) is 3.13. The van der Waals surface area contributed by atoms with Crippen molar-refractivity contribution in [2.24, 2.45) is 0 Å². The highest BCUT2D eigenvalue weighted by Gasteiger charge is 2.15. The van der Waals surface area contributed by atoms with E-state index in [-0.39, 0.29) is 5.91 Å². The van der Waals surface area contributed by atoms with Crippen LogP contribution < -0.4 is 14.8 Å². The molecule has 112 valence electrons. The molecule has 0 aliphatic carbocycles. The van der Waals surface area contributed by atoms with Crippen molar-refractivity contribution in [3.05, 3.63) is 43.2 Å². The molecule has 0 saturated carbocycles. The summed E-state index contributed by atoms with van der Waals surface area (Å²) in [5, 5.41) is 2.93. The zero-order chi connectivity index (χ0) is 15.4. The average molecular weight is 417 g/mol. The number of halogens is 1. The zero-order valence-electron chi connectivity index (χ0n) is 12.0. The molecular weight excluding hydrogens is 401 g/mol. The number of methoxy groups -OCH3 is 2. The van der Waals surface area contributed by atoms with Crippen molar-refractivity contribution in [3.8, 4) is 11.5 Å². The minimum absolute atomic E-state index is 0.119. The molecule has 0 radical (unpaired) electrons. The van der Waals surface area contributed by atoms with Crippen LogP contribution in [0.2, 0.25) is 0 Å². The van der Waals surface area contributed by atoms with Crippen molar-refractivity contribution in [3.63, 3.8) is 0 Å². The van der Waals surface area contributed by atoms with Crippen LogP contribution in [0.1, 0.15) is 20.1 Å². The number of carbonyl (C=O) groups excluding carboxylic acids is 1. The number of aryl methyl sites for hydroxylation is 1. The largest absolute Gasteiger partial charge is 0.493 e. The molecule has 0 fully saturated rings. The predicted octanol–water partition coefficient (Wildman–Crippen LogP) is 3.61. The molecule has 2 rings (SSSR count). The van der Waals surface area contributed by atoms with Crippen molar-refractivity contribution in [2.45, 2.75) is 13.5 Å². The van der Waals surface area contributed by atoms with E-state index in [1.54, 1.807) is 37.7 Å². The number of rotatable bonds is 5. The molecule has 0 spiro atoms. The lowest BCUT2D eigenvalue weighted by molar-refractivity contribution is 0.0950. The summed E-state index contributed by atoms with van der Waals surface area (Å²) in [6.07, 6.45) is 0. The van der Waals surface area contributed by atoms with Gasteiger partial charge in [-0.3, -0.25) is 4.79 Å². The van der Waals surface area contributed by atoms with Crippen molar-refractivity contribution < 1.29 is 14.3 Å². The standard InChI is InChI=1S/C15H16INO3S/c1-9-4-5-10(21-9)8-17-15(18)11-6-13(19-2)14(20-3)7-12(11)16/h4-7H,8H2,1-3H3,(H,17,18). The topological polar surface area (TPSA) is 47.6 Å². The summed E-state index contributed by atoms with van der Waals surface area (Å²) in [5.41, 5.74) is 0.585. The minimum Gasteiger partial charge on any atom is -0.493 e. The fraction of sp³-hybridized carbons (Fsp3) is 0.267. The van der Waals surface area contributed by atoms with Crippen LogP contribution in [0.15, 0.2) is 24.3 Å². The third-order valence-corrected chi connectivity index (χ3v) is 4.83. The van der Waals surface area contributed by atoms with E-state index in [2.05, 4.69) is 27.9 Å². The number of carbonyl (C=O) groups is 1. The highest BCUT2D eigenvalue weighted by atomic mass is 127. The number of nitrogens with one attached hydrogen (secondary N) is 1. The number of hydrogen-bond acceptors (Lipinski definition) is 4. The smallest absolute Gasteiger partial charge is 0.252 e. The van der Waals surface area contributed by atoms with Crippen LogP contribution in [0.5, 0.6) is 11.5 Å². The quantitative estimate of drug-likeness (QED) is 0.757. The molecule has 0 atom stereocenters. The van der Waals surface area contributed by atoms with Gasteiger partial charge in [-0.2, -0.15) is 0 Å². The van der Waals surface area contributed by atoms with E-state index in [4.69, 9.17) is 9.47 Å². The molecule has 1 N–H and O–H groups in total. The van der Waals surface area contributed by atoms with Crippen LogP contribution in [0, 0.1) is 10.5 Å². The second-order valence-corrected chi connectivity index (χ2v) is 6.92. The van der Waals surface area contributed by atoms with Crippen LogP contribution in [0.4, 0.5) is 0 Å². The Bertz CT molecular complexity index is 654. The number of ether oxygens (including phenoxy) is 2. The number of hydrogen-bond donors (Lipinski definition) is 1. The molecule has 2 aromatic rings. The Balaban J connectivity index is 2.15. The first-order valence-electron chi connectivity index (χ1n) is 6.30. The summed E-state index contributed by atoms with van der Waals surface area (Å²) < 4.78 is 11.3. The van der Waals surface area contributed by atoms with Crippen LogP contribution in [-0.2, 0) is 6.54 Å². The second-order valence-electron chi connectivity index (χ2n) is 4.38. The SMILES string of the molecule is COc1cc(I)c(C(=O)NCc2ccc(C)s2)cc1OC. The van der Waals surface area contributed by atoms with Crippen molar-refractivity contribution in [2.75, 3.05) is 14.2 Å². The molecular formula is C15H16INO3S. The maximum atomic E-state index is 12.3. The molecule has 0 unspecified atom stereocenters. The van der Waals surface area contributed by atoms with Gasteiger partial charge in [-0.05, 0) is 53.8 Å². The Morgan fingerprint density at radius 1 is 1.24 bits per heavy atom. The first-order valence-corrected chi connectivity index (χ1v) is 8.19. The summed E-state index contributed by atoms with van der Waals surface area (Å²) in [6.45, 7) is 2.58. The van der Waals surface area contributed by atoms with Gasteiger partial charge in [0.2, 0.25) is 0 Å². The first kappa shape index (κ1) is 16.1. The first-order chi connectivity index (χ1) is 10.0. The van der Waals surface area contributed by atoms with Gasteiger partial charge in [-0.15, -0.1) is 11.3 Å². The predicted molar refractivity (Wildman–Crippen MR) is 92.5 cm³/mol. The van der Waals surface area contributed by atoms with Gasteiger partial charge in [0, 0.05) is 13.3 Å². The lowest BCUT2D eigenvalue weighted by atomic mass is 10.2. The Kier molecular flexibility index (Phi) is 5.46. The lowest BCUT2D eigenvalue weighted by Crippen LogP contribution is -2.23. The normalized spacial score (nSPS) is 10.3. The molecule has 21 heavy (non-hydrogen) atoms. The van der Waals surface area contributed by atoms with Gasteiger partial charge in [0.1, 0.15) is 0 Å². The van der Waals surface area contributed by atoms with Crippen LogP contribution >= 0.6 is 33.9 Å². The van der Waals surface area contributed by atoms with E-state index >= 15 is 0 Å². The fourth-order valence-electron chi connectivity index (χ4n) is 1.87. The molecule has 1 aromatic heterocycles. The van der Waals surface area contributed by atoms with Crippen molar-refractivity contribution in [1.29, 1.82) is 0 Å².